The van der Waals surface area contributed by atoms with Crippen molar-refractivity contribution in [3.63, 3.8) is 0 Å². The molecular weight excluding hydrogens is 348 g/mol. The summed E-state index contributed by atoms with van der Waals surface area (Å²) >= 11 is 0. The Bertz CT molecular complexity index is 684. The summed E-state index contributed by atoms with van der Waals surface area (Å²) in [5.74, 6) is 1.72. The Morgan fingerprint density at radius 1 is 1.12 bits per heavy atom. The summed E-state index contributed by atoms with van der Waals surface area (Å²) in [6.07, 6.45) is 5.74. The second-order valence-corrected chi connectivity index (χ2v) is 9.78. The van der Waals surface area contributed by atoms with Gasteiger partial charge in [-0.15, -0.1) is 0 Å². The fraction of sp³-hybridized carbons (Fsp3) is 0.700. The molecule has 0 aromatic heterocycles. The first-order chi connectivity index (χ1) is 12.5. The molecule has 1 atom stereocenters. The number of piperidine rings is 2. The molecular formula is C20H32N2O3S. The summed E-state index contributed by atoms with van der Waals surface area (Å²) < 4.78 is 31.3. The molecule has 2 fully saturated rings. The minimum atomic E-state index is -3.04. The van der Waals surface area contributed by atoms with Crippen molar-refractivity contribution in [2.75, 3.05) is 32.5 Å². The van der Waals surface area contributed by atoms with Gasteiger partial charge >= 0.3 is 0 Å². The highest BCUT2D eigenvalue weighted by atomic mass is 32.2. The summed E-state index contributed by atoms with van der Waals surface area (Å²) in [6, 6.07) is 8.91. The second kappa shape index (κ2) is 8.72. The smallest absolute Gasteiger partial charge is 0.213 e. The Morgan fingerprint density at radius 3 is 2.58 bits per heavy atom. The summed E-state index contributed by atoms with van der Waals surface area (Å²) in [6.45, 7) is 5.19. The van der Waals surface area contributed by atoms with E-state index in [1.165, 1.54) is 24.8 Å². The third kappa shape index (κ3) is 4.59. The molecule has 0 radical (unpaired) electrons. The lowest BCUT2D eigenvalue weighted by atomic mass is 9.84. The third-order valence-electron chi connectivity index (χ3n) is 5.98. The molecule has 2 heterocycles. The molecule has 3 rings (SSSR count). The van der Waals surface area contributed by atoms with Gasteiger partial charge in [-0.05, 0) is 62.8 Å². The zero-order valence-corrected chi connectivity index (χ0v) is 16.9. The van der Waals surface area contributed by atoms with E-state index in [0.717, 1.165) is 31.7 Å². The first-order valence-corrected chi connectivity index (χ1v) is 11.5. The lowest BCUT2D eigenvalue weighted by Gasteiger charge is -2.43. The van der Waals surface area contributed by atoms with Crippen molar-refractivity contribution < 1.29 is 13.2 Å². The van der Waals surface area contributed by atoms with Crippen LogP contribution in [0.2, 0.25) is 0 Å². The Kier molecular flexibility index (Phi) is 6.59. The van der Waals surface area contributed by atoms with E-state index in [2.05, 4.69) is 23.1 Å². The average molecular weight is 381 g/mol. The van der Waals surface area contributed by atoms with Crippen LogP contribution >= 0.6 is 0 Å². The van der Waals surface area contributed by atoms with E-state index in [0.29, 0.717) is 25.0 Å². The second-order valence-electron chi connectivity index (χ2n) is 7.52. The van der Waals surface area contributed by atoms with E-state index in [1.54, 1.807) is 18.3 Å². The van der Waals surface area contributed by atoms with Crippen molar-refractivity contribution in [2.24, 2.45) is 5.92 Å². The molecule has 0 spiro atoms. The van der Waals surface area contributed by atoms with E-state index < -0.39 is 10.0 Å². The van der Waals surface area contributed by atoms with Crippen LogP contribution in [0.25, 0.3) is 0 Å². The molecule has 26 heavy (non-hydrogen) atoms. The highest BCUT2D eigenvalue weighted by Crippen LogP contribution is 2.32. The van der Waals surface area contributed by atoms with Gasteiger partial charge in [0, 0.05) is 25.7 Å². The summed E-state index contributed by atoms with van der Waals surface area (Å²) in [5, 5.41) is 0. The number of rotatable bonds is 6. The number of hydrogen-bond donors (Lipinski definition) is 0. The molecule has 146 valence electrons. The number of nitrogens with zero attached hydrogens (tertiary/aromatic N) is 2. The molecule has 2 saturated heterocycles. The van der Waals surface area contributed by atoms with Gasteiger partial charge in [0.1, 0.15) is 5.75 Å². The Morgan fingerprint density at radius 2 is 1.88 bits per heavy atom. The first-order valence-electron chi connectivity index (χ1n) is 9.88. The maximum atomic E-state index is 12.1. The van der Waals surface area contributed by atoms with Crippen LogP contribution in [0.4, 0.5) is 0 Å². The Balaban J connectivity index is 1.64. The van der Waals surface area contributed by atoms with Gasteiger partial charge in [0.2, 0.25) is 10.0 Å². The van der Waals surface area contributed by atoms with E-state index in [4.69, 9.17) is 4.74 Å². The standard InChI is InChI=1S/C20H32N2O3S/c1-3-26(23,24)22-13-10-18(11-14-22)20-9-4-5-12-21(20)16-17-7-6-8-19(15-17)25-2/h6-8,15,18,20H,3-5,9-14,16H2,1-2H3. The summed E-state index contributed by atoms with van der Waals surface area (Å²) in [4.78, 5) is 2.62. The fourth-order valence-electron chi connectivity index (χ4n) is 4.47. The van der Waals surface area contributed by atoms with Crippen LogP contribution in [0.15, 0.2) is 24.3 Å². The molecule has 1 aromatic rings. The van der Waals surface area contributed by atoms with Crippen molar-refractivity contribution in [3.8, 4) is 5.75 Å². The van der Waals surface area contributed by atoms with Gasteiger partial charge in [-0.2, -0.15) is 0 Å². The molecule has 1 aromatic carbocycles. The first kappa shape index (κ1) is 19.6. The topological polar surface area (TPSA) is 49.9 Å². The van der Waals surface area contributed by atoms with Crippen molar-refractivity contribution >= 4 is 10.0 Å². The number of likely N-dealkylation sites (tertiary alicyclic amines) is 1. The molecule has 2 aliphatic heterocycles. The van der Waals surface area contributed by atoms with Crippen LogP contribution in [0.1, 0.15) is 44.6 Å². The van der Waals surface area contributed by atoms with E-state index >= 15 is 0 Å². The number of ether oxygens (including phenoxy) is 1. The molecule has 0 amide bonds. The van der Waals surface area contributed by atoms with Crippen LogP contribution in [0, 0.1) is 5.92 Å². The highest BCUT2D eigenvalue weighted by Gasteiger charge is 2.34. The predicted octanol–water partition coefficient (Wildman–Crippen LogP) is 3.11. The van der Waals surface area contributed by atoms with Gasteiger partial charge in [0.05, 0.1) is 12.9 Å². The van der Waals surface area contributed by atoms with Crippen LogP contribution < -0.4 is 4.74 Å². The van der Waals surface area contributed by atoms with E-state index in [-0.39, 0.29) is 5.75 Å². The van der Waals surface area contributed by atoms with Gasteiger partial charge in [0.25, 0.3) is 0 Å². The third-order valence-corrected chi connectivity index (χ3v) is 7.87. The Hall–Kier alpha value is -1.11. The Labute approximate surface area is 158 Å². The number of methoxy groups -OCH3 is 1. The van der Waals surface area contributed by atoms with Gasteiger partial charge in [-0.25, -0.2) is 12.7 Å². The van der Waals surface area contributed by atoms with Crippen molar-refractivity contribution in [1.82, 2.24) is 9.21 Å². The average Bonchev–Trinajstić information content (AvgIpc) is 2.69. The van der Waals surface area contributed by atoms with Crippen molar-refractivity contribution in [1.29, 1.82) is 0 Å². The number of benzene rings is 1. The number of sulfonamides is 1. The van der Waals surface area contributed by atoms with Gasteiger partial charge in [-0.3, -0.25) is 4.90 Å². The molecule has 0 saturated carbocycles. The predicted molar refractivity (Wildman–Crippen MR) is 105 cm³/mol. The lowest BCUT2D eigenvalue weighted by Crippen LogP contribution is -2.48. The van der Waals surface area contributed by atoms with Crippen molar-refractivity contribution in [3.05, 3.63) is 29.8 Å². The van der Waals surface area contributed by atoms with Crippen LogP contribution in [0.5, 0.6) is 5.75 Å². The van der Waals surface area contributed by atoms with Crippen LogP contribution in [0.3, 0.4) is 0 Å². The molecule has 1 unspecified atom stereocenters. The molecule has 0 N–H and O–H groups in total. The summed E-state index contributed by atoms with van der Waals surface area (Å²) in [5.41, 5.74) is 1.29. The monoisotopic (exact) mass is 380 g/mol. The minimum Gasteiger partial charge on any atom is -0.497 e. The van der Waals surface area contributed by atoms with Crippen LogP contribution in [-0.2, 0) is 16.6 Å². The molecule has 6 heteroatoms. The minimum absolute atomic E-state index is 0.211. The molecule has 0 bridgehead atoms. The SMILES string of the molecule is CCS(=O)(=O)N1CCC(C2CCCCN2Cc2cccc(OC)c2)CC1. The molecule has 2 aliphatic rings. The molecule has 5 nitrogen and oxygen atoms in total. The maximum Gasteiger partial charge on any atom is 0.213 e. The van der Waals surface area contributed by atoms with E-state index in [9.17, 15) is 8.42 Å². The largest absolute Gasteiger partial charge is 0.497 e. The number of hydrogen-bond acceptors (Lipinski definition) is 4. The highest BCUT2D eigenvalue weighted by molar-refractivity contribution is 7.89. The normalized spacial score (nSPS) is 23.8. The fourth-order valence-corrected chi connectivity index (χ4v) is 5.61. The van der Waals surface area contributed by atoms with Gasteiger partial charge < -0.3 is 4.74 Å². The van der Waals surface area contributed by atoms with Crippen molar-refractivity contribution in [2.45, 2.75) is 51.6 Å². The van der Waals surface area contributed by atoms with E-state index in [1.807, 2.05) is 6.07 Å². The van der Waals surface area contributed by atoms with Gasteiger partial charge in [0.15, 0.2) is 0 Å². The quantitative estimate of drug-likeness (QED) is 0.761. The van der Waals surface area contributed by atoms with Crippen LogP contribution in [-0.4, -0.2) is 56.2 Å². The molecule has 0 aliphatic carbocycles. The lowest BCUT2D eigenvalue weighted by molar-refractivity contribution is 0.0684. The summed E-state index contributed by atoms with van der Waals surface area (Å²) in [7, 11) is -1.33. The zero-order valence-electron chi connectivity index (χ0n) is 16.1. The van der Waals surface area contributed by atoms with Gasteiger partial charge in [-0.1, -0.05) is 18.6 Å². The maximum absolute atomic E-state index is 12.1. The zero-order chi connectivity index (χ0) is 18.6.